The molecule has 27 heavy (non-hydrogen) atoms. The van der Waals surface area contributed by atoms with Gasteiger partial charge < -0.3 is 20.3 Å². The van der Waals surface area contributed by atoms with Crippen LogP contribution in [-0.2, 0) is 6.54 Å². The second-order valence-electron chi connectivity index (χ2n) is 6.11. The van der Waals surface area contributed by atoms with Gasteiger partial charge in [-0.25, -0.2) is 4.98 Å². The zero-order valence-corrected chi connectivity index (χ0v) is 16.0. The quantitative estimate of drug-likeness (QED) is 0.552. The summed E-state index contributed by atoms with van der Waals surface area (Å²) in [5.74, 6) is 1.71. The molecular formula is C17H18ClN5O3S. The minimum Gasteiger partial charge on any atom is -0.496 e. The van der Waals surface area contributed by atoms with Crippen LogP contribution in [0.5, 0.6) is 5.75 Å². The summed E-state index contributed by atoms with van der Waals surface area (Å²) >= 11 is 7.56. The zero-order valence-electron chi connectivity index (χ0n) is 14.4. The second kappa shape index (κ2) is 7.51. The number of nitrogens with zero attached hydrogens (tertiary/aromatic N) is 4. The van der Waals surface area contributed by atoms with Crippen molar-refractivity contribution in [3.05, 3.63) is 41.4 Å². The molecule has 3 N–H and O–H groups in total. The van der Waals surface area contributed by atoms with Gasteiger partial charge in [0.15, 0.2) is 17.0 Å². The van der Waals surface area contributed by atoms with E-state index in [1.54, 1.807) is 18.0 Å². The van der Waals surface area contributed by atoms with Gasteiger partial charge in [0.2, 0.25) is 5.28 Å². The molecule has 0 radical (unpaired) electrons. The van der Waals surface area contributed by atoms with Crippen molar-refractivity contribution in [1.29, 1.82) is 0 Å². The monoisotopic (exact) mass is 407 g/mol. The van der Waals surface area contributed by atoms with Gasteiger partial charge in [-0.15, -0.1) is 11.8 Å². The largest absolute Gasteiger partial charge is 0.496 e. The second-order valence-corrected chi connectivity index (χ2v) is 7.60. The van der Waals surface area contributed by atoms with Gasteiger partial charge in [0.1, 0.15) is 17.2 Å². The Bertz CT molecular complexity index is 969. The van der Waals surface area contributed by atoms with E-state index in [1.807, 2.05) is 24.3 Å². The predicted octanol–water partition coefficient (Wildman–Crippen LogP) is 2.07. The van der Waals surface area contributed by atoms with E-state index in [4.69, 9.17) is 16.3 Å². The third kappa shape index (κ3) is 3.43. The number of thioether (sulfide) groups is 1. The first-order chi connectivity index (χ1) is 13.1. The van der Waals surface area contributed by atoms with Crippen LogP contribution >= 0.6 is 23.4 Å². The van der Waals surface area contributed by atoms with Crippen molar-refractivity contribution in [3.8, 4) is 5.75 Å². The molecule has 0 aliphatic carbocycles. The molecule has 0 amide bonds. The lowest BCUT2D eigenvalue weighted by Gasteiger charge is -2.17. The predicted molar refractivity (Wildman–Crippen MR) is 104 cm³/mol. The average molecular weight is 408 g/mol. The summed E-state index contributed by atoms with van der Waals surface area (Å²) in [4.78, 5) is 12.9. The van der Waals surface area contributed by atoms with Crippen molar-refractivity contribution in [2.45, 2.75) is 24.1 Å². The zero-order chi connectivity index (χ0) is 19.0. The van der Waals surface area contributed by atoms with Gasteiger partial charge >= 0.3 is 0 Å². The molecule has 3 aromatic rings. The molecule has 1 aliphatic heterocycles. The average Bonchev–Trinajstić information content (AvgIpc) is 3.23. The Hall–Kier alpha value is -2.07. The fourth-order valence-corrected chi connectivity index (χ4v) is 4.51. The van der Waals surface area contributed by atoms with Crippen LogP contribution in [0.2, 0.25) is 5.28 Å². The number of halogens is 1. The lowest BCUT2D eigenvalue weighted by atomic mass is 10.2. The van der Waals surface area contributed by atoms with Crippen LogP contribution in [-0.4, -0.2) is 54.8 Å². The number of ether oxygens (including phenoxy) is 1. The van der Waals surface area contributed by atoms with E-state index in [2.05, 4.69) is 20.3 Å². The minimum atomic E-state index is -0.897. The highest BCUT2D eigenvalue weighted by molar-refractivity contribution is 7.99. The van der Waals surface area contributed by atoms with Crippen LogP contribution in [0.1, 0.15) is 10.9 Å². The summed E-state index contributed by atoms with van der Waals surface area (Å²) in [6, 6.07) is 7.68. The van der Waals surface area contributed by atoms with Crippen molar-refractivity contribution in [1.82, 2.24) is 19.5 Å². The van der Waals surface area contributed by atoms with Gasteiger partial charge in [-0.1, -0.05) is 18.2 Å². The van der Waals surface area contributed by atoms with Crippen LogP contribution < -0.4 is 10.1 Å². The highest BCUT2D eigenvalue weighted by Crippen LogP contribution is 2.38. The van der Waals surface area contributed by atoms with Crippen molar-refractivity contribution in [2.75, 3.05) is 18.2 Å². The number of fused-ring (bicyclic) bond motifs is 1. The Kier molecular flexibility index (Phi) is 5.09. The number of methoxy groups -OCH3 is 1. The third-order valence-electron chi connectivity index (χ3n) is 4.43. The van der Waals surface area contributed by atoms with Gasteiger partial charge in [-0.3, -0.25) is 4.57 Å². The van der Waals surface area contributed by atoms with Crippen molar-refractivity contribution >= 4 is 40.3 Å². The van der Waals surface area contributed by atoms with Gasteiger partial charge in [-0.05, 0) is 17.7 Å². The normalized spacial score (nSPS) is 22.3. The number of hydrogen-bond donors (Lipinski definition) is 3. The molecule has 2 aromatic heterocycles. The number of aliphatic hydroxyl groups excluding tert-OH is 2. The molecule has 3 atom stereocenters. The maximum Gasteiger partial charge on any atom is 0.226 e. The molecule has 1 fully saturated rings. The van der Waals surface area contributed by atoms with Crippen LogP contribution in [0.25, 0.3) is 11.2 Å². The van der Waals surface area contributed by atoms with Crippen LogP contribution in [0.15, 0.2) is 30.6 Å². The molecule has 8 nitrogen and oxygen atoms in total. The minimum absolute atomic E-state index is 0.0739. The first-order valence-corrected chi connectivity index (χ1v) is 9.74. The Balaban J connectivity index is 1.66. The number of para-hydroxylation sites is 1. The van der Waals surface area contributed by atoms with Gasteiger partial charge in [0.05, 0.1) is 19.5 Å². The van der Waals surface area contributed by atoms with Gasteiger partial charge in [0.25, 0.3) is 0 Å². The van der Waals surface area contributed by atoms with E-state index in [0.29, 0.717) is 29.3 Å². The molecule has 142 valence electrons. The lowest BCUT2D eigenvalue weighted by molar-refractivity contribution is 0.0313. The number of hydrogen-bond acceptors (Lipinski definition) is 8. The molecule has 0 saturated carbocycles. The van der Waals surface area contributed by atoms with Gasteiger partial charge in [0, 0.05) is 17.9 Å². The van der Waals surface area contributed by atoms with E-state index >= 15 is 0 Å². The molecule has 0 bridgehead atoms. The standard InChI is InChI=1S/C17H18ClN5O3S/c1-26-11-5-3-2-4-9(11)6-19-14-12-15(22-17(18)21-14)23(8-20-12)16-13(25)10(24)7-27-16/h2-5,8,10,13,16,24-25H,6-7H2,1H3,(H,19,21,22)/t10-,13?,16?/m0/s1. The number of imidazole rings is 1. The molecular weight excluding hydrogens is 390 g/mol. The number of benzene rings is 1. The van der Waals surface area contributed by atoms with Gasteiger partial charge in [-0.2, -0.15) is 9.97 Å². The Labute approximate surface area is 164 Å². The molecule has 2 unspecified atom stereocenters. The summed E-state index contributed by atoms with van der Waals surface area (Å²) < 4.78 is 7.09. The fraction of sp³-hybridized carbons (Fsp3) is 0.353. The van der Waals surface area contributed by atoms with Crippen LogP contribution in [0, 0.1) is 0 Å². The van der Waals surface area contributed by atoms with E-state index in [-0.39, 0.29) is 10.7 Å². The lowest BCUT2D eigenvalue weighted by Crippen LogP contribution is -2.27. The highest BCUT2D eigenvalue weighted by atomic mass is 35.5. The first kappa shape index (κ1) is 18.3. The Morgan fingerprint density at radius 1 is 1.33 bits per heavy atom. The van der Waals surface area contributed by atoms with E-state index < -0.39 is 12.2 Å². The van der Waals surface area contributed by atoms with Crippen molar-refractivity contribution in [2.24, 2.45) is 0 Å². The summed E-state index contributed by atoms with van der Waals surface area (Å²) in [5.41, 5.74) is 2.01. The molecule has 4 rings (SSSR count). The summed E-state index contributed by atoms with van der Waals surface area (Å²) in [5, 5.41) is 23.0. The van der Waals surface area contributed by atoms with Crippen molar-refractivity contribution in [3.63, 3.8) is 0 Å². The topological polar surface area (TPSA) is 105 Å². The van der Waals surface area contributed by atoms with Crippen LogP contribution in [0.4, 0.5) is 5.82 Å². The molecule has 1 aliphatic rings. The number of anilines is 1. The molecule has 3 heterocycles. The van der Waals surface area contributed by atoms with E-state index in [0.717, 1.165) is 11.3 Å². The summed E-state index contributed by atoms with van der Waals surface area (Å²) in [6.45, 7) is 0.471. The Morgan fingerprint density at radius 2 is 2.15 bits per heavy atom. The smallest absolute Gasteiger partial charge is 0.226 e. The first-order valence-electron chi connectivity index (χ1n) is 8.32. The highest BCUT2D eigenvalue weighted by Gasteiger charge is 2.36. The molecule has 1 aromatic carbocycles. The third-order valence-corrected chi connectivity index (χ3v) is 5.98. The number of rotatable bonds is 5. The van der Waals surface area contributed by atoms with Crippen LogP contribution in [0.3, 0.4) is 0 Å². The Morgan fingerprint density at radius 3 is 2.89 bits per heavy atom. The number of aromatic nitrogens is 4. The molecule has 0 spiro atoms. The summed E-state index contributed by atoms with van der Waals surface area (Å²) in [6.07, 6.45) is -0.0906. The maximum absolute atomic E-state index is 10.2. The van der Waals surface area contributed by atoms with Crippen molar-refractivity contribution < 1.29 is 14.9 Å². The number of nitrogens with one attached hydrogen (secondary N) is 1. The van der Waals surface area contributed by atoms with E-state index in [1.165, 1.54) is 11.8 Å². The SMILES string of the molecule is COc1ccccc1CNc1nc(Cl)nc2c1ncn2C1SC[C@H](O)C1O. The summed E-state index contributed by atoms with van der Waals surface area (Å²) in [7, 11) is 1.62. The number of aliphatic hydroxyl groups is 2. The maximum atomic E-state index is 10.2. The van der Waals surface area contributed by atoms with E-state index in [9.17, 15) is 10.2 Å². The molecule has 10 heteroatoms. The molecule has 1 saturated heterocycles. The fourth-order valence-electron chi connectivity index (χ4n) is 3.06.